The van der Waals surface area contributed by atoms with Crippen LogP contribution in [0.2, 0.25) is 5.02 Å². The molecule has 1 saturated heterocycles. The van der Waals surface area contributed by atoms with E-state index in [0.717, 1.165) is 5.56 Å². The van der Waals surface area contributed by atoms with Gasteiger partial charge in [-0.2, -0.15) is 0 Å². The van der Waals surface area contributed by atoms with Crippen LogP contribution in [0.3, 0.4) is 0 Å². The minimum Gasteiger partial charge on any atom is -0.343 e. The second kappa shape index (κ2) is 4.30. The van der Waals surface area contributed by atoms with E-state index in [9.17, 15) is 0 Å². The van der Waals surface area contributed by atoms with Gasteiger partial charge in [-0.15, -0.1) is 11.6 Å². The smallest absolute Gasteiger partial charge is 0.192 e. The van der Waals surface area contributed by atoms with Gasteiger partial charge in [0.15, 0.2) is 5.79 Å². The molecule has 1 fully saturated rings. The van der Waals surface area contributed by atoms with Crippen molar-refractivity contribution in [3.63, 3.8) is 0 Å². The van der Waals surface area contributed by atoms with Crippen LogP contribution in [-0.4, -0.2) is 18.6 Å². The van der Waals surface area contributed by atoms with E-state index in [0.29, 0.717) is 17.5 Å². The van der Waals surface area contributed by atoms with Gasteiger partial charge in [-0.3, -0.25) is 0 Å². The Labute approximate surface area is 99.1 Å². The predicted octanol–water partition coefficient (Wildman–Crippen LogP) is 3.17. The van der Waals surface area contributed by atoms with Crippen LogP contribution in [0.1, 0.15) is 12.5 Å². The molecule has 0 spiro atoms. The first-order valence-corrected chi connectivity index (χ1v) is 5.69. The molecule has 0 radical (unpaired) electrons. The summed E-state index contributed by atoms with van der Waals surface area (Å²) in [5, 5.41) is 0.703. The van der Waals surface area contributed by atoms with Crippen LogP contribution in [-0.2, 0) is 15.3 Å². The van der Waals surface area contributed by atoms with E-state index in [1.165, 1.54) is 0 Å². The van der Waals surface area contributed by atoms with Crippen LogP contribution in [0.15, 0.2) is 24.3 Å². The van der Waals surface area contributed by atoms with Crippen molar-refractivity contribution < 1.29 is 9.47 Å². The van der Waals surface area contributed by atoms with Crippen molar-refractivity contribution in [1.29, 1.82) is 0 Å². The maximum atomic E-state index is 5.82. The molecule has 0 amide bonds. The fourth-order valence-corrected chi connectivity index (χ4v) is 1.90. The number of hydrogen-bond acceptors (Lipinski definition) is 2. The number of ether oxygens (including phenoxy) is 2. The zero-order chi connectivity index (χ0) is 10.9. The van der Waals surface area contributed by atoms with Gasteiger partial charge in [-0.25, -0.2) is 0 Å². The molecule has 0 aromatic heterocycles. The van der Waals surface area contributed by atoms with E-state index in [1.807, 2.05) is 31.2 Å². The van der Waals surface area contributed by atoms with E-state index in [-0.39, 0.29) is 6.10 Å². The standard InChI is InChI=1S/C11H12Cl2O2/c1-11(14-7-10(6-12)15-11)8-2-4-9(13)5-3-8/h2-5,10H,6-7H2,1H3/t10-,11-/m1/s1. The topological polar surface area (TPSA) is 18.5 Å². The normalized spacial score (nSPS) is 30.7. The van der Waals surface area contributed by atoms with Crippen LogP contribution in [0.5, 0.6) is 0 Å². The minimum atomic E-state index is -0.690. The maximum absolute atomic E-state index is 5.82. The Balaban J connectivity index is 2.20. The lowest BCUT2D eigenvalue weighted by atomic mass is 10.1. The molecule has 2 nitrogen and oxygen atoms in total. The molecule has 0 aliphatic carbocycles. The summed E-state index contributed by atoms with van der Waals surface area (Å²) in [7, 11) is 0. The number of benzene rings is 1. The molecule has 0 unspecified atom stereocenters. The summed E-state index contributed by atoms with van der Waals surface area (Å²) in [6.07, 6.45) is -0.0349. The SMILES string of the molecule is C[C@@]1(c2ccc(Cl)cc2)OC[C@@H](CCl)O1. The summed E-state index contributed by atoms with van der Waals surface area (Å²) in [5.74, 6) is -0.243. The van der Waals surface area contributed by atoms with Gasteiger partial charge in [0, 0.05) is 10.6 Å². The molecule has 2 rings (SSSR count). The highest BCUT2D eigenvalue weighted by Gasteiger charge is 2.38. The minimum absolute atomic E-state index is 0.0349. The highest BCUT2D eigenvalue weighted by molar-refractivity contribution is 6.30. The lowest BCUT2D eigenvalue weighted by molar-refractivity contribution is -0.159. The first-order chi connectivity index (χ1) is 7.14. The summed E-state index contributed by atoms with van der Waals surface area (Å²) < 4.78 is 11.3. The van der Waals surface area contributed by atoms with E-state index in [2.05, 4.69) is 0 Å². The number of alkyl halides is 1. The first kappa shape index (κ1) is 11.2. The third kappa shape index (κ3) is 2.28. The molecule has 1 aliphatic heterocycles. The lowest BCUT2D eigenvalue weighted by Gasteiger charge is -2.23. The largest absolute Gasteiger partial charge is 0.343 e. The van der Waals surface area contributed by atoms with Gasteiger partial charge in [0.25, 0.3) is 0 Å². The third-order valence-corrected chi connectivity index (χ3v) is 3.07. The van der Waals surface area contributed by atoms with Crippen molar-refractivity contribution in [3.05, 3.63) is 34.9 Å². The number of halogens is 2. The van der Waals surface area contributed by atoms with E-state index in [1.54, 1.807) is 0 Å². The highest BCUT2D eigenvalue weighted by atomic mass is 35.5. The second-order valence-electron chi connectivity index (χ2n) is 3.66. The first-order valence-electron chi connectivity index (χ1n) is 4.78. The van der Waals surface area contributed by atoms with Crippen molar-refractivity contribution in [1.82, 2.24) is 0 Å². The Morgan fingerprint density at radius 2 is 2.07 bits per heavy atom. The molecule has 2 atom stereocenters. The van der Waals surface area contributed by atoms with Gasteiger partial charge >= 0.3 is 0 Å². The molecular formula is C11H12Cl2O2. The second-order valence-corrected chi connectivity index (χ2v) is 4.40. The van der Waals surface area contributed by atoms with Gasteiger partial charge in [0.05, 0.1) is 18.6 Å². The van der Waals surface area contributed by atoms with Crippen molar-refractivity contribution in [2.45, 2.75) is 18.8 Å². The maximum Gasteiger partial charge on any atom is 0.192 e. The Kier molecular flexibility index (Phi) is 3.21. The van der Waals surface area contributed by atoms with Gasteiger partial charge < -0.3 is 9.47 Å². The van der Waals surface area contributed by atoms with Crippen LogP contribution in [0, 0.1) is 0 Å². The van der Waals surface area contributed by atoms with Crippen molar-refractivity contribution in [3.8, 4) is 0 Å². The van der Waals surface area contributed by atoms with Crippen LogP contribution >= 0.6 is 23.2 Å². The van der Waals surface area contributed by atoms with Crippen LogP contribution in [0.4, 0.5) is 0 Å². The number of rotatable bonds is 2. The zero-order valence-corrected chi connectivity index (χ0v) is 9.89. The molecule has 15 heavy (non-hydrogen) atoms. The van der Waals surface area contributed by atoms with Crippen molar-refractivity contribution >= 4 is 23.2 Å². The van der Waals surface area contributed by atoms with E-state index in [4.69, 9.17) is 32.7 Å². The van der Waals surface area contributed by atoms with Crippen LogP contribution < -0.4 is 0 Å². The van der Waals surface area contributed by atoms with Gasteiger partial charge in [0.2, 0.25) is 0 Å². The third-order valence-electron chi connectivity index (χ3n) is 2.48. The summed E-state index contributed by atoms with van der Waals surface area (Å²) in [4.78, 5) is 0. The van der Waals surface area contributed by atoms with Gasteiger partial charge in [-0.1, -0.05) is 23.7 Å². The molecule has 0 bridgehead atoms. The molecule has 0 saturated carbocycles. The molecule has 1 aromatic rings. The molecule has 0 N–H and O–H groups in total. The van der Waals surface area contributed by atoms with Gasteiger partial charge in [-0.05, 0) is 19.1 Å². The quantitative estimate of drug-likeness (QED) is 0.747. The lowest BCUT2D eigenvalue weighted by Crippen LogP contribution is -2.24. The monoisotopic (exact) mass is 246 g/mol. The number of hydrogen-bond donors (Lipinski definition) is 0. The van der Waals surface area contributed by atoms with Crippen molar-refractivity contribution in [2.75, 3.05) is 12.5 Å². The Hall–Kier alpha value is -0.280. The average molecular weight is 247 g/mol. The highest BCUT2D eigenvalue weighted by Crippen LogP contribution is 2.34. The summed E-state index contributed by atoms with van der Waals surface area (Å²) >= 11 is 11.5. The predicted molar refractivity (Wildman–Crippen MR) is 60.3 cm³/mol. The van der Waals surface area contributed by atoms with Crippen molar-refractivity contribution in [2.24, 2.45) is 0 Å². The molecule has 1 heterocycles. The van der Waals surface area contributed by atoms with Gasteiger partial charge in [0.1, 0.15) is 0 Å². The fourth-order valence-electron chi connectivity index (χ4n) is 1.62. The Bertz CT molecular complexity index is 339. The summed E-state index contributed by atoms with van der Waals surface area (Å²) in [6.45, 7) is 2.42. The molecular weight excluding hydrogens is 235 g/mol. The molecule has 1 aromatic carbocycles. The summed E-state index contributed by atoms with van der Waals surface area (Å²) in [6, 6.07) is 7.45. The van der Waals surface area contributed by atoms with E-state index >= 15 is 0 Å². The molecule has 82 valence electrons. The molecule has 1 aliphatic rings. The van der Waals surface area contributed by atoms with E-state index < -0.39 is 5.79 Å². The Morgan fingerprint density at radius 1 is 1.40 bits per heavy atom. The fraction of sp³-hybridized carbons (Fsp3) is 0.455. The summed E-state index contributed by atoms with van der Waals surface area (Å²) in [5.41, 5.74) is 0.958. The molecule has 4 heteroatoms. The zero-order valence-electron chi connectivity index (χ0n) is 8.37. The average Bonchev–Trinajstić information content (AvgIpc) is 2.62. The Morgan fingerprint density at radius 3 is 2.60 bits per heavy atom. The van der Waals surface area contributed by atoms with Crippen LogP contribution in [0.25, 0.3) is 0 Å².